The fourth-order valence-corrected chi connectivity index (χ4v) is 2.11. The second-order valence-electron chi connectivity index (χ2n) is 7.90. The molecule has 0 saturated carbocycles. The van der Waals surface area contributed by atoms with E-state index in [0.29, 0.717) is 12.3 Å². The summed E-state index contributed by atoms with van der Waals surface area (Å²) < 4.78 is 15.6. The maximum absolute atomic E-state index is 12.4. The zero-order chi connectivity index (χ0) is 21.2. The zero-order valence-corrected chi connectivity index (χ0v) is 17.3. The van der Waals surface area contributed by atoms with E-state index in [2.05, 4.69) is 5.32 Å². The number of esters is 2. The first-order valence-corrected chi connectivity index (χ1v) is 9.42. The Kier molecular flexibility index (Phi) is 9.48. The van der Waals surface area contributed by atoms with Crippen molar-refractivity contribution in [3.05, 3.63) is 35.9 Å². The van der Waals surface area contributed by atoms with Crippen LogP contribution >= 0.6 is 0 Å². The fourth-order valence-electron chi connectivity index (χ4n) is 2.11. The lowest BCUT2D eigenvalue weighted by atomic mass is 10.1. The van der Waals surface area contributed by atoms with Gasteiger partial charge in [0, 0.05) is 0 Å². The van der Waals surface area contributed by atoms with Crippen molar-refractivity contribution in [1.82, 2.24) is 5.32 Å². The average Bonchev–Trinajstić information content (AvgIpc) is 2.58. The van der Waals surface area contributed by atoms with Crippen molar-refractivity contribution in [2.45, 2.75) is 65.7 Å². The number of benzene rings is 1. The molecule has 0 heterocycles. The first kappa shape index (κ1) is 23.5. The van der Waals surface area contributed by atoms with Gasteiger partial charge in [0.05, 0.1) is 13.0 Å². The van der Waals surface area contributed by atoms with Crippen molar-refractivity contribution in [3.63, 3.8) is 0 Å². The summed E-state index contributed by atoms with van der Waals surface area (Å²) in [6, 6.07) is 7.93. The fraction of sp³-hybridized carbons (Fsp3) is 0.571. The summed E-state index contributed by atoms with van der Waals surface area (Å²) in [4.78, 5) is 36.5. The predicted molar refractivity (Wildman–Crippen MR) is 104 cm³/mol. The van der Waals surface area contributed by atoms with Crippen LogP contribution in [0.3, 0.4) is 0 Å². The van der Waals surface area contributed by atoms with Crippen LogP contribution in [0.25, 0.3) is 0 Å². The molecule has 7 heteroatoms. The van der Waals surface area contributed by atoms with E-state index >= 15 is 0 Å². The van der Waals surface area contributed by atoms with E-state index < -0.39 is 29.7 Å². The molecule has 1 aromatic carbocycles. The van der Waals surface area contributed by atoms with Gasteiger partial charge in [-0.2, -0.15) is 0 Å². The number of ether oxygens (including phenoxy) is 3. The third-order valence-electron chi connectivity index (χ3n) is 3.53. The normalized spacial score (nSPS) is 12.2. The van der Waals surface area contributed by atoms with Gasteiger partial charge in [0.15, 0.2) is 0 Å². The SMILES string of the molecule is CC(C)CCOC(=O)CC(NC(=O)OC(C)(C)C)C(=O)OCc1ccccc1. The molecular weight excluding hydrogens is 362 g/mol. The number of alkyl carbamates (subject to hydrolysis) is 1. The zero-order valence-electron chi connectivity index (χ0n) is 17.3. The number of rotatable bonds is 9. The molecule has 1 aromatic rings. The van der Waals surface area contributed by atoms with Gasteiger partial charge in [-0.15, -0.1) is 0 Å². The second kappa shape index (κ2) is 11.3. The van der Waals surface area contributed by atoms with Crippen LogP contribution in [0.2, 0.25) is 0 Å². The monoisotopic (exact) mass is 393 g/mol. The van der Waals surface area contributed by atoms with E-state index in [9.17, 15) is 14.4 Å². The highest BCUT2D eigenvalue weighted by molar-refractivity contribution is 5.86. The van der Waals surface area contributed by atoms with Crippen LogP contribution in [0.1, 0.15) is 53.0 Å². The molecule has 1 rings (SSSR count). The molecule has 0 aliphatic carbocycles. The maximum Gasteiger partial charge on any atom is 0.408 e. The summed E-state index contributed by atoms with van der Waals surface area (Å²) in [6.07, 6.45) is -0.414. The highest BCUT2D eigenvalue weighted by Crippen LogP contribution is 2.09. The van der Waals surface area contributed by atoms with Crippen molar-refractivity contribution in [2.24, 2.45) is 5.92 Å². The minimum Gasteiger partial charge on any atom is -0.466 e. The Balaban J connectivity index is 2.68. The van der Waals surface area contributed by atoms with E-state index in [4.69, 9.17) is 14.2 Å². The molecule has 1 atom stereocenters. The van der Waals surface area contributed by atoms with Crippen molar-refractivity contribution < 1.29 is 28.6 Å². The molecule has 156 valence electrons. The Morgan fingerprint density at radius 3 is 2.25 bits per heavy atom. The Morgan fingerprint density at radius 2 is 1.68 bits per heavy atom. The smallest absolute Gasteiger partial charge is 0.408 e. The first-order valence-electron chi connectivity index (χ1n) is 9.42. The van der Waals surface area contributed by atoms with Gasteiger partial charge in [0.25, 0.3) is 0 Å². The van der Waals surface area contributed by atoms with E-state index in [-0.39, 0.29) is 19.6 Å². The van der Waals surface area contributed by atoms with E-state index in [1.165, 1.54) is 0 Å². The molecular formula is C21H31NO6. The van der Waals surface area contributed by atoms with Crippen molar-refractivity contribution in [1.29, 1.82) is 0 Å². The number of hydrogen-bond donors (Lipinski definition) is 1. The van der Waals surface area contributed by atoms with Gasteiger partial charge in [-0.05, 0) is 38.7 Å². The van der Waals surface area contributed by atoms with Crippen LogP contribution in [0.5, 0.6) is 0 Å². The largest absolute Gasteiger partial charge is 0.466 e. The summed E-state index contributed by atoms with van der Waals surface area (Å²) >= 11 is 0. The summed E-state index contributed by atoms with van der Waals surface area (Å²) in [5, 5.41) is 2.40. The predicted octanol–water partition coefficient (Wildman–Crippen LogP) is 3.60. The van der Waals surface area contributed by atoms with Crippen LogP contribution < -0.4 is 5.32 Å². The van der Waals surface area contributed by atoms with Crippen molar-refractivity contribution in [3.8, 4) is 0 Å². The molecule has 0 saturated heterocycles. The topological polar surface area (TPSA) is 90.9 Å². The molecule has 28 heavy (non-hydrogen) atoms. The van der Waals surface area contributed by atoms with Crippen LogP contribution in [-0.4, -0.2) is 36.3 Å². The number of amides is 1. The summed E-state index contributed by atoms with van der Waals surface area (Å²) in [6.45, 7) is 9.44. The van der Waals surface area contributed by atoms with Gasteiger partial charge in [0.1, 0.15) is 18.2 Å². The average molecular weight is 393 g/mol. The van der Waals surface area contributed by atoms with Crippen molar-refractivity contribution in [2.75, 3.05) is 6.61 Å². The minimum absolute atomic E-state index is 0.0363. The Labute approximate surface area is 166 Å². The molecule has 0 aromatic heterocycles. The third-order valence-corrected chi connectivity index (χ3v) is 3.53. The Bertz CT molecular complexity index is 636. The van der Waals surface area contributed by atoms with E-state index in [0.717, 1.165) is 5.56 Å². The van der Waals surface area contributed by atoms with Gasteiger partial charge < -0.3 is 19.5 Å². The van der Waals surface area contributed by atoms with E-state index in [1.807, 2.05) is 44.2 Å². The standard InChI is InChI=1S/C21H31NO6/c1-15(2)11-12-26-18(23)13-17(22-20(25)28-21(3,4)5)19(24)27-14-16-9-7-6-8-10-16/h6-10,15,17H,11-14H2,1-5H3,(H,22,25). The van der Waals surface area contributed by atoms with Crippen LogP contribution in [-0.2, 0) is 30.4 Å². The van der Waals surface area contributed by atoms with Gasteiger partial charge in [-0.1, -0.05) is 44.2 Å². The lowest BCUT2D eigenvalue weighted by Crippen LogP contribution is -2.45. The number of hydrogen-bond acceptors (Lipinski definition) is 6. The second-order valence-corrected chi connectivity index (χ2v) is 7.90. The molecule has 0 bridgehead atoms. The molecule has 1 N–H and O–H groups in total. The van der Waals surface area contributed by atoms with Crippen molar-refractivity contribution >= 4 is 18.0 Å². The van der Waals surface area contributed by atoms with E-state index in [1.54, 1.807) is 20.8 Å². The molecule has 7 nitrogen and oxygen atoms in total. The van der Waals surface area contributed by atoms with Crippen LogP contribution in [0.4, 0.5) is 4.79 Å². The summed E-state index contributed by atoms with van der Waals surface area (Å²) in [5.41, 5.74) is 0.0618. The third kappa shape index (κ3) is 10.5. The molecule has 0 aliphatic rings. The maximum atomic E-state index is 12.4. The molecule has 0 spiro atoms. The van der Waals surface area contributed by atoms with Gasteiger partial charge >= 0.3 is 18.0 Å². The number of carbonyl (C=O) groups is 3. The van der Waals surface area contributed by atoms with Gasteiger partial charge in [-0.3, -0.25) is 4.79 Å². The molecule has 0 fully saturated rings. The summed E-state index contributed by atoms with van der Waals surface area (Å²) in [7, 11) is 0. The lowest BCUT2D eigenvalue weighted by molar-refractivity contribution is -0.153. The lowest BCUT2D eigenvalue weighted by Gasteiger charge is -2.22. The highest BCUT2D eigenvalue weighted by atomic mass is 16.6. The van der Waals surface area contributed by atoms with Crippen LogP contribution in [0.15, 0.2) is 30.3 Å². The Morgan fingerprint density at radius 1 is 1.04 bits per heavy atom. The first-order chi connectivity index (χ1) is 13.1. The minimum atomic E-state index is -1.19. The molecule has 0 radical (unpaired) electrons. The summed E-state index contributed by atoms with van der Waals surface area (Å²) in [5.74, 6) is -0.923. The number of nitrogens with one attached hydrogen (secondary N) is 1. The van der Waals surface area contributed by atoms with Gasteiger partial charge in [-0.25, -0.2) is 9.59 Å². The van der Waals surface area contributed by atoms with Gasteiger partial charge in [0.2, 0.25) is 0 Å². The molecule has 1 unspecified atom stereocenters. The van der Waals surface area contributed by atoms with Crippen LogP contribution in [0, 0.1) is 5.92 Å². The highest BCUT2D eigenvalue weighted by Gasteiger charge is 2.28. The number of carbonyl (C=O) groups excluding carboxylic acids is 3. The Hall–Kier alpha value is -2.57. The molecule has 0 aliphatic heterocycles. The molecule has 1 amide bonds. The quantitative estimate of drug-likeness (QED) is 0.509.